The van der Waals surface area contributed by atoms with Crippen molar-refractivity contribution in [3.63, 3.8) is 0 Å². The fourth-order valence-corrected chi connectivity index (χ4v) is 2.52. The highest BCUT2D eigenvalue weighted by atomic mass is 32.2. The molecule has 1 aromatic carbocycles. The Morgan fingerprint density at radius 3 is 2.41 bits per heavy atom. The second-order valence-electron chi connectivity index (χ2n) is 5.29. The second-order valence-corrected chi connectivity index (χ2v) is 7.31. The number of nitrogens with zero attached hydrogens (tertiary/aromatic N) is 1. The van der Waals surface area contributed by atoms with Crippen LogP contribution in [0.4, 0.5) is 5.82 Å². The van der Waals surface area contributed by atoms with Gasteiger partial charge in [0.2, 0.25) is 5.91 Å². The minimum atomic E-state index is -3.28. The molecule has 6 heteroatoms. The summed E-state index contributed by atoms with van der Waals surface area (Å²) in [5, 5.41) is 2.66. The fraction of sp³-hybridized carbons (Fsp3) is 0.250. The summed E-state index contributed by atoms with van der Waals surface area (Å²) in [6.45, 7) is 4.02. The van der Waals surface area contributed by atoms with Gasteiger partial charge in [-0.2, -0.15) is 0 Å². The number of sulfone groups is 1. The van der Waals surface area contributed by atoms with Crippen LogP contribution in [0.15, 0.2) is 41.4 Å². The van der Waals surface area contributed by atoms with Crippen molar-refractivity contribution in [3.8, 4) is 0 Å². The van der Waals surface area contributed by atoms with Gasteiger partial charge in [0, 0.05) is 12.5 Å². The van der Waals surface area contributed by atoms with Crippen LogP contribution >= 0.6 is 0 Å². The molecule has 0 saturated heterocycles. The van der Waals surface area contributed by atoms with Crippen LogP contribution < -0.4 is 5.32 Å². The average Bonchev–Trinajstić information content (AvgIpc) is 2.42. The molecule has 0 spiro atoms. The number of carbonyl (C=O) groups excluding carboxylic acids is 1. The van der Waals surface area contributed by atoms with E-state index < -0.39 is 9.84 Å². The van der Waals surface area contributed by atoms with E-state index in [1.54, 1.807) is 0 Å². The van der Waals surface area contributed by atoms with Crippen molar-refractivity contribution >= 4 is 21.6 Å². The van der Waals surface area contributed by atoms with Gasteiger partial charge in [0.05, 0.1) is 11.3 Å². The Morgan fingerprint density at radius 2 is 1.86 bits per heavy atom. The Morgan fingerprint density at radius 1 is 1.14 bits per heavy atom. The van der Waals surface area contributed by atoms with E-state index in [1.165, 1.54) is 23.9 Å². The molecule has 1 aromatic heterocycles. The maximum Gasteiger partial charge on any atom is 0.229 e. The number of pyridine rings is 1. The first-order valence-electron chi connectivity index (χ1n) is 6.78. The Labute approximate surface area is 130 Å². The standard InChI is InChI=1S/C16H18N2O3S/c1-11-4-5-13(8-12(11)2)9-16(19)18-15-7-6-14(10-17-15)22(3,20)21/h4-8,10H,9H2,1-3H3,(H,17,18,19). The van der Waals surface area contributed by atoms with E-state index in [0.717, 1.165) is 17.4 Å². The summed E-state index contributed by atoms with van der Waals surface area (Å²) in [5.41, 5.74) is 3.25. The highest BCUT2D eigenvalue weighted by molar-refractivity contribution is 7.90. The van der Waals surface area contributed by atoms with Crippen LogP contribution in [0.2, 0.25) is 0 Å². The first-order valence-corrected chi connectivity index (χ1v) is 8.67. The summed E-state index contributed by atoms with van der Waals surface area (Å²) in [7, 11) is -3.28. The minimum absolute atomic E-state index is 0.125. The monoisotopic (exact) mass is 318 g/mol. The highest BCUT2D eigenvalue weighted by Gasteiger charge is 2.09. The molecule has 0 atom stereocenters. The fourth-order valence-electron chi connectivity index (χ4n) is 1.96. The van der Waals surface area contributed by atoms with E-state index in [-0.39, 0.29) is 17.2 Å². The zero-order chi connectivity index (χ0) is 16.3. The summed E-state index contributed by atoms with van der Waals surface area (Å²) < 4.78 is 22.7. The van der Waals surface area contributed by atoms with Crippen LogP contribution in [0.25, 0.3) is 0 Å². The summed E-state index contributed by atoms with van der Waals surface area (Å²) in [4.78, 5) is 16.1. The molecule has 2 aromatic rings. The number of anilines is 1. The third-order valence-electron chi connectivity index (χ3n) is 3.37. The van der Waals surface area contributed by atoms with Crippen molar-refractivity contribution in [2.24, 2.45) is 0 Å². The van der Waals surface area contributed by atoms with Gasteiger partial charge in [-0.3, -0.25) is 4.79 Å². The van der Waals surface area contributed by atoms with Crippen molar-refractivity contribution in [1.82, 2.24) is 4.98 Å². The van der Waals surface area contributed by atoms with E-state index in [2.05, 4.69) is 10.3 Å². The van der Waals surface area contributed by atoms with Crippen molar-refractivity contribution in [3.05, 3.63) is 53.2 Å². The smallest absolute Gasteiger partial charge is 0.229 e. The first-order chi connectivity index (χ1) is 10.3. The van der Waals surface area contributed by atoms with Crippen LogP contribution in [0.5, 0.6) is 0 Å². The number of nitrogens with one attached hydrogen (secondary N) is 1. The molecular formula is C16H18N2O3S. The number of hydrogen-bond acceptors (Lipinski definition) is 4. The molecule has 5 nitrogen and oxygen atoms in total. The highest BCUT2D eigenvalue weighted by Crippen LogP contribution is 2.13. The van der Waals surface area contributed by atoms with Gasteiger partial charge in [0.15, 0.2) is 9.84 Å². The summed E-state index contributed by atoms with van der Waals surface area (Å²) in [6.07, 6.45) is 2.60. The molecular weight excluding hydrogens is 300 g/mol. The SMILES string of the molecule is Cc1ccc(CC(=O)Nc2ccc(S(C)(=O)=O)cn2)cc1C. The van der Waals surface area contributed by atoms with Crippen LogP contribution in [0.1, 0.15) is 16.7 Å². The Hall–Kier alpha value is -2.21. The Bertz CT molecular complexity index is 797. The lowest BCUT2D eigenvalue weighted by molar-refractivity contribution is -0.115. The number of benzene rings is 1. The van der Waals surface area contributed by atoms with Crippen LogP contribution in [0.3, 0.4) is 0 Å². The predicted molar refractivity (Wildman–Crippen MR) is 85.6 cm³/mol. The van der Waals surface area contributed by atoms with Gasteiger partial charge in [-0.25, -0.2) is 13.4 Å². The van der Waals surface area contributed by atoms with E-state index in [0.29, 0.717) is 5.82 Å². The summed E-state index contributed by atoms with van der Waals surface area (Å²) >= 11 is 0. The lowest BCUT2D eigenvalue weighted by Gasteiger charge is -2.07. The molecule has 0 aliphatic rings. The van der Waals surface area contributed by atoms with Crippen LogP contribution in [-0.2, 0) is 21.1 Å². The largest absolute Gasteiger partial charge is 0.310 e. The lowest BCUT2D eigenvalue weighted by atomic mass is 10.0. The maximum atomic E-state index is 12.0. The number of hydrogen-bond donors (Lipinski definition) is 1. The van der Waals surface area contributed by atoms with E-state index in [4.69, 9.17) is 0 Å². The molecule has 0 aliphatic heterocycles. The van der Waals surface area contributed by atoms with Gasteiger partial charge in [-0.15, -0.1) is 0 Å². The third kappa shape index (κ3) is 4.14. The summed E-state index contributed by atoms with van der Waals surface area (Å²) in [5.74, 6) is 0.143. The van der Waals surface area contributed by atoms with Crippen molar-refractivity contribution in [2.45, 2.75) is 25.2 Å². The van der Waals surface area contributed by atoms with Crippen molar-refractivity contribution < 1.29 is 13.2 Å². The molecule has 2 rings (SSSR count). The predicted octanol–water partition coefficient (Wildman–Crippen LogP) is 2.28. The molecule has 116 valence electrons. The van der Waals surface area contributed by atoms with Gasteiger partial charge in [0.1, 0.15) is 5.82 Å². The minimum Gasteiger partial charge on any atom is -0.310 e. The van der Waals surface area contributed by atoms with E-state index in [1.807, 2.05) is 32.0 Å². The molecule has 22 heavy (non-hydrogen) atoms. The maximum absolute atomic E-state index is 12.0. The molecule has 0 saturated carbocycles. The quantitative estimate of drug-likeness (QED) is 0.938. The number of aryl methyl sites for hydroxylation is 2. The Kier molecular flexibility index (Phi) is 4.61. The number of amides is 1. The molecule has 1 N–H and O–H groups in total. The average molecular weight is 318 g/mol. The van der Waals surface area contributed by atoms with Gasteiger partial charge in [-0.1, -0.05) is 18.2 Å². The van der Waals surface area contributed by atoms with E-state index >= 15 is 0 Å². The normalized spacial score (nSPS) is 11.2. The van der Waals surface area contributed by atoms with Crippen molar-refractivity contribution in [2.75, 3.05) is 11.6 Å². The Balaban J connectivity index is 2.04. The lowest BCUT2D eigenvalue weighted by Crippen LogP contribution is -2.15. The molecule has 0 aliphatic carbocycles. The molecule has 0 radical (unpaired) electrons. The van der Waals surface area contributed by atoms with E-state index in [9.17, 15) is 13.2 Å². The van der Waals surface area contributed by atoms with Gasteiger partial charge < -0.3 is 5.32 Å². The van der Waals surface area contributed by atoms with Crippen molar-refractivity contribution in [1.29, 1.82) is 0 Å². The molecule has 0 fully saturated rings. The first kappa shape index (κ1) is 16.2. The zero-order valence-electron chi connectivity index (χ0n) is 12.8. The van der Waals surface area contributed by atoms with Gasteiger partial charge in [-0.05, 0) is 42.7 Å². The molecule has 0 bridgehead atoms. The second kappa shape index (κ2) is 6.27. The number of carbonyl (C=O) groups is 1. The number of aromatic nitrogens is 1. The van der Waals surface area contributed by atoms with Crippen LogP contribution in [0, 0.1) is 13.8 Å². The third-order valence-corrected chi connectivity index (χ3v) is 4.47. The van der Waals surface area contributed by atoms with Gasteiger partial charge in [0.25, 0.3) is 0 Å². The number of rotatable bonds is 4. The molecule has 1 heterocycles. The molecule has 1 amide bonds. The van der Waals surface area contributed by atoms with Crippen LogP contribution in [-0.4, -0.2) is 25.6 Å². The van der Waals surface area contributed by atoms with Gasteiger partial charge >= 0.3 is 0 Å². The summed E-state index contributed by atoms with van der Waals surface area (Å²) in [6, 6.07) is 8.79. The molecule has 0 unspecified atom stereocenters. The zero-order valence-corrected chi connectivity index (χ0v) is 13.6. The topological polar surface area (TPSA) is 76.1 Å².